The van der Waals surface area contributed by atoms with Gasteiger partial charge in [-0.15, -0.1) is 0 Å². The molecule has 0 atom stereocenters. The van der Waals surface area contributed by atoms with E-state index in [1.165, 1.54) is 6.21 Å². The van der Waals surface area contributed by atoms with E-state index >= 15 is 0 Å². The largest absolute Gasteiger partial charge is 0.507 e. The molecule has 0 radical (unpaired) electrons. The Labute approximate surface area is 150 Å². The van der Waals surface area contributed by atoms with E-state index < -0.39 is 0 Å². The van der Waals surface area contributed by atoms with Crippen molar-refractivity contribution < 1.29 is 9.90 Å². The summed E-state index contributed by atoms with van der Waals surface area (Å²) in [7, 11) is 0. The number of phenols is 1. The molecule has 2 N–H and O–H groups in total. The van der Waals surface area contributed by atoms with Crippen molar-refractivity contribution in [3.05, 3.63) is 63.1 Å². The number of aryl methyl sites for hydroxylation is 1. The molecule has 0 bridgehead atoms. The van der Waals surface area contributed by atoms with Crippen LogP contribution in [0.5, 0.6) is 5.75 Å². The molecule has 2 rings (SSSR count). The summed E-state index contributed by atoms with van der Waals surface area (Å²) in [6.45, 7) is 7.99. The lowest BCUT2D eigenvalue weighted by molar-refractivity contribution is 0.0955. The molecule has 0 spiro atoms. The van der Waals surface area contributed by atoms with Gasteiger partial charge in [-0.3, -0.25) is 4.79 Å². The van der Waals surface area contributed by atoms with Crippen LogP contribution in [0.3, 0.4) is 0 Å². The Balaban J connectivity index is 2.21. The van der Waals surface area contributed by atoms with Crippen molar-refractivity contribution in [1.82, 2.24) is 5.43 Å². The highest BCUT2D eigenvalue weighted by atomic mass is 79.9. The van der Waals surface area contributed by atoms with E-state index in [0.29, 0.717) is 11.1 Å². The first-order valence-corrected chi connectivity index (χ1v) is 8.41. The summed E-state index contributed by atoms with van der Waals surface area (Å²) < 4.78 is 0.844. The molecule has 1 amide bonds. The normalized spacial score (nSPS) is 11.7. The number of hydrazone groups is 1. The number of amides is 1. The fourth-order valence-corrected chi connectivity index (χ4v) is 2.78. The lowest BCUT2D eigenvalue weighted by Crippen LogP contribution is -2.17. The third-order valence-electron chi connectivity index (χ3n) is 3.56. The molecule has 24 heavy (non-hydrogen) atoms. The zero-order valence-electron chi connectivity index (χ0n) is 14.2. The number of nitrogens with one attached hydrogen (secondary N) is 1. The zero-order valence-corrected chi connectivity index (χ0v) is 15.8. The van der Waals surface area contributed by atoms with Crippen LogP contribution in [0.2, 0.25) is 0 Å². The number of hydrogen-bond acceptors (Lipinski definition) is 3. The van der Waals surface area contributed by atoms with Crippen LogP contribution in [0, 0.1) is 6.92 Å². The minimum Gasteiger partial charge on any atom is -0.507 e. The molecule has 2 aromatic carbocycles. The van der Waals surface area contributed by atoms with Gasteiger partial charge < -0.3 is 5.11 Å². The standard InChI is InChI=1S/C19H21BrN2O2/c1-12-6-5-7-13(8-12)18(24)22-21-11-14-9-15(20)10-16(17(14)23)19(2,3)4/h5-11,23H,1-4H3,(H,22,24)/b21-11+. The Bertz CT molecular complexity index is 792. The van der Waals surface area contributed by atoms with E-state index in [9.17, 15) is 9.90 Å². The Morgan fingerprint density at radius 3 is 2.58 bits per heavy atom. The molecule has 0 saturated heterocycles. The van der Waals surface area contributed by atoms with Crippen LogP contribution in [0.4, 0.5) is 0 Å². The van der Waals surface area contributed by atoms with Crippen LogP contribution in [-0.2, 0) is 5.41 Å². The van der Waals surface area contributed by atoms with E-state index in [4.69, 9.17) is 0 Å². The molecule has 0 aliphatic carbocycles. The molecular weight excluding hydrogens is 368 g/mol. The first kappa shape index (κ1) is 18.2. The van der Waals surface area contributed by atoms with E-state index in [2.05, 4.69) is 26.5 Å². The van der Waals surface area contributed by atoms with Crippen LogP contribution in [-0.4, -0.2) is 17.2 Å². The summed E-state index contributed by atoms with van der Waals surface area (Å²) in [6, 6.07) is 10.9. The van der Waals surface area contributed by atoms with E-state index in [1.54, 1.807) is 18.2 Å². The molecule has 126 valence electrons. The smallest absolute Gasteiger partial charge is 0.271 e. The number of aromatic hydroxyl groups is 1. The highest BCUT2D eigenvalue weighted by Gasteiger charge is 2.20. The predicted octanol–water partition coefficient (Wildman–Crippen LogP) is 4.52. The van der Waals surface area contributed by atoms with Gasteiger partial charge in [-0.25, -0.2) is 5.43 Å². The second kappa shape index (κ2) is 7.18. The molecule has 4 nitrogen and oxygen atoms in total. The molecular formula is C19H21BrN2O2. The van der Waals surface area contributed by atoms with Crippen LogP contribution in [0.15, 0.2) is 46.0 Å². The van der Waals surface area contributed by atoms with Gasteiger partial charge in [0.15, 0.2) is 0 Å². The molecule has 0 unspecified atom stereocenters. The van der Waals surface area contributed by atoms with Crippen LogP contribution in [0.25, 0.3) is 0 Å². The lowest BCUT2D eigenvalue weighted by Gasteiger charge is -2.21. The van der Waals surface area contributed by atoms with Crippen molar-refractivity contribution in [2.75, 3.05) is 0 Å². The highest BCUT2D eigenvalue weighted by molar-refractivity contribution is 9.10. The lowest BCUT2D eigenvalue weighted by atomic mass is 9.85. The Morgan fingerprint density at radius 1 is 1.25 bits per heavy atom. The van der Waals surface area contributed by atoms with Crippen molar-refractivity contribution in [2.24, 2.45) is 5.10 Å². The first-order chi connectivity index (χ1) is 11.2. The summed E-state index contributed by atoms with van der Waals surface area (Å²) in [5.74, 6) is -0.125. The van der Waals surface area contributed by atoms with Crippen LogP contribution in [0.1, 0.15) is 47.8 Å². The molecule has 0 fully saturated rings. The molecule has 0 heterocycles. The van der Waals surface area contributed by atoms with E-state index in [1.807, 2.05) is 45.9 Å². The maximum Gasteiger partial charge on any atom is 0.271 e. The van der Waals surface area contributed by atoms with Gasteiger partial charge in [-0.2, -0.15) is 5.10 Å². The van der Waals surface area contributed by atoms with Gasteiger partial charge in [0.1, 0.15) is 5.75 Å². The topological polar surface area (TPSA) is 61.7 Å². The summed E-state index contributed by atoms with van der Waals surface area (Å²) in [4.78, 5) is 12.1. The minimum absolute atomic E-state index is 0.166. The Morgan fingerprint density at radius 2 is 1.96 bits per heavy atom. The van der Waals surface area contributed by atoms with Crippen molar-refractivity contribution in [3.63, 3.8) is 0 Å². The van der Waals surface area contributed by atoms with Crippen molar-refractivity contribution in [1.29, 1.82) is 0 Å². The number of hydrogen-bond donors (Lipinski definition) is 2. The molecule has 5 heteroatoms. The average molecular weight is 389 g/mol. The van der Waals surface area contributed by atoms with Gasteiger partial charge >= 0.3 is 0 Å². The maximum absolute atomic E-state index is 12.1. The summed E-state index contributed by atoms with van der Waals surface area (Å²) >= 11 is 3.45. The number of benzene rings is 2. The second-order valence-electron chi connectivity index (χ2n) is 6.71. The van der Waals surface area contributed by atoms with Gasteiger partial charge in [0, 0.05) is 21.2 Å². The van der Waals surface area contributed by atoms with Crippen molar-refractivity contribution >= 4 is 28.1 Å². The number of rotatable bonds is 3. The van der Waals surface area contributed by atoms with Crippen molar-refractivity contribution in [3.8, 4) is 5.75 Å². The van der Waals surface area contributed by atoms with Gasteiger partial charge in [-0.05, 0) is 36.6 Å². The van der Waals surface area contributed by atoms with Gasteiger partial charge in [0.25, 0.3) is 5.91 Å². The number of phenolic OH excluding ortho intramolecular Hbond substituents is 1. The third-order valence-corrected chi connectivity index (χ3v) is 4.02. The zero-order chi connectivity index (χ0) is 17.9. The van der Waals surface area contributed by atoms with Crippen molar-refractivity contribution in [2.45, 2.75) is 33.1 Å². The summed E-state index contributed by atoms with van der Waals surface area (Å²) in [6.07, 6.45) is 1.45. The fraction of sp³-hybridized carbons (Fsp3) is 0.263. The fourth-order valence-electron chi connectivity index (χ4n) is 2.30. The number of carbonyl (C=O) groups is 1. The Hall–Kier alpha value is -2.14. The number of carbonyl (C=O) groups excluding carboxylic acids is 1. The molecule has 2 aromatic rings. The van der Waals surface area contributed by atoms with E-state index in [-0.39, 0.29) is 17.1 Å². The second-order valence-corrected chi connectivity index (χ2v) is 7.63. The molecule has 0 aliphatic rings. The maximum atomic E-state index is 12.1. The third kappa shape index (κ3) is 4.45. The number of nitrogens with zero attached hydrogens (tertiary/aromatic N) is 1. The molecule has 0 aliphatic heterocycles. The van der Waals surface area contributed by atoms with Gasteiger partial charge in [0.05, 0.1) is 6.21 Å². The monoisotopic (exact) mass is 388 g/mol. The molecule has 0 aromatic heterocycles. The van der Waals surface area contributed by atoms with Crippen LogP contribution < -0.4 is 5.43 Å². The minimum atomic E-state index is -0.291. The SMILES string of the molecule is Cc1cccc(C(=O)N/N=C/c2cc(Br)cc(C(C)(C)C)c2O)c1. The molecule has 0 saturated carbocycles. The predicted molar refractivity (Wildman–Crippen MR) is 101 cm³/mol. The average Bonchev–Trinajstić information content (AvgIpc) is 2.49. The van der Waals surface area contributed by atoms with Gasteiger partial charge in [0.2, 0.25) is 0 Å². The number of halogens is 1. The summed E-state index contributed by atoms with van der Waals surface area (Å²) in [5, 5.41) is 14.4. The van der Waals surface area contributed by atoms with Gasteiger partial charge in [-0.1, -0.05) is 54.4 Å². The Kier molecular flexibility index (Phi) is 5.44. The highest BCUT2D eigenvalue weighted by Crippen LogP contribution is 2.35. The van der Waals surface area contributed by atoms with E-state index in [0.717, 1.165) is 15.6 Å². The quantitative estimate of drug-likeness (QED) is 0.599. The summed E-state index contributed by atoms with van der Waals surface area (Å²) in [5.41, 5.74) is 5.17. The van der Waals surface area contributed by atoms with Crippen LogP contribution >= 0.6 is 15.9 Å². The first-order valence-electron chi connectivity index (χ1n) is 7.61.